The Hall–Kier alpha value is -2.61. The van der Waals surface area contributed by atoms with Crippen molar-refractivity contribution in [3.05, 3.63) is 77.9 Å². The Morgan fingerprint density at radius 3 is 2.30 bits per heavy atom. The average molecular weight is 262 g/mol. The summed E-state index contributed by atoms with van der Waals surface area (Å²) in [6.07, 6.45) is 0. The normalized spacial score (nSPS) is 10.4. The van der Waals surface area contributed by atoms with Gasteiger partial charge in [0, 0.05) is 5.56 Å². The van der Waals surface area contributed by atoms with E-state index in [1.165, 1.54) is 0 Å². The number of hydrogen-bond donors (Lipinski definition) is 0. The number of fused-ring (bicyclic) bond motifs is 1. The Labute approximate surface area is 117 Å². The quantitative estimate of drug-likeness (QED) is 0.665. The summed E-state index contributed by atoms with van der Waals surface area (Å²) in [5, 5.41) is 2.03. The van der Waals surface area contributed by atoms with Crippen LogP contribution in [-0.2, 0) is 0 Å². The molecule has 20 heavy (non-hydrogen) atoms. The van der Waals surface area contributed by atoms with Crippen molar-refractivity contribution in [1.82, 2.24) is 0 Å². The number of hydrogen-bond acceptors (Lipinski definition) is 2. The number of carbonyl (C=O) groups is 1. The molecule has 0 aromatic heterocycles. The van der Waals surface area contributed by atoms with Gasteiger partial charge in [-0.2, -0.15) is 0 Å². The summed E-state index contributed by atoms with van der Waals surface area (Å²) in [7, 11) is 1.58. The topological polar surface area (TPSA) is 26.3 Å². The van der Waals surface area contributed by atoms with Gasteiger partial charge in [-0.05, 0) is 22.9 Å². The average Bonchev–Trinajstić information content (AvgIpc) is 2.53. The first kappa shape index (κ1) is 12.4. The molecule has 0 saturated heterocycles. The predicted octanol–water partition coefficient (Wildman–Crippen LogP) is 4.08. The molecular formula is C18H14O2. The molecule has 0 aliphatic rings. The minimum Gasteiger partial charge on any atom is -0.496 e. The lowest BCUT2D eigenvalue weighted by Crippen LogP contribution is -2.04. The van der Waals surface area contributed by atoms with Gasteiger partial charge in [-0.15, -0.1) is 0 Å². The monoisotopic (exact) mass is 262 g/mol. The highest BCUT2D eigenvalue weighted by Crippen LogP contribution is 2.25. The second kappa shape index (κ2) is 5.17. The van der Waals surface area contributed by atoms with Crippen LogP contribution >= 0.6 is 0 Å². The second-order valence-corrected chi connectivity index (χ2v) is 4.56. The molecule has 3 aromatic carbocycles. The standard InChI is InChI=1S/C18H14O2/c1-20-17-12-5-4-10-16(17)18(19)15-11-6-8-13-7-2-3-9-14(13)15/h2-12H,1H3. The van der Waals surface area contributed by atoms with Crippen LogP contribution in [0, 0.1) is 0 Å². The molecule has 0 spiro atoms. The third kappa shape index (κ3) is 2.05. The summed E-state index contributed by atoms with van der Waals surface area (Å²) < 4.78 is 5.28. The molecule has 0 heterocycles. The molecule has 0 aliphatic heterocycles. The summed E-state index contributed by atoms with van der Waals surface area (Å²) >= 11 is 0. The molecule has 2 nitrogen and oxygen atoms in total. The molecule has 0 aliphatic carbocycles. The summed E-state index contributed by atoms with van der Waals surface area (Å²) in [6.45, 7) is 0. The number of ketones is 1. The van der Waals surface area contributed by atoms with Gasteiger partial charge in [-0.1, -0.05) is 54.6 Å². The van der Waals surface area contributed by atoms with Gasteiger partial charge >= 0.3 is 0 Å². The molecule has 0 radical (unpaired) electrons. The van der Waals surface area contributed by atoms with Crippen molar-refractivity contribution in [2.45, 2.75) is 0 Å². The van der Waals surface area contributed by atoms with Gasteiger partial charge in [0.05, 0.1) is 12.7 Å². The summed E-state index contributed by atoms with van der Waals surface area (Å²) in [6, 6.07) is 21.0. The van der Waals surface area contributed by atoms with Crippen LogP contribution in [0.25, 0.3) is 10.8 Å². The van der Waals surface area contributed by atoms with E-state index in [0.717, 1.165) is 10.8 Å². The van der Waals surface area contributed by atoms with Crippen molar-refractivity contribution in [2.75, 3.05) is 7.11 Å². The van der Waals surface area contributed by atoms with Crippen LogP contribution < -0.4 is 4.74 Å². The number of methoxy groups -OCH3 is 1. The maximum absolute atomic E-state index is 12.8. The van der Waals surface area contributed by atoms with E-state index in [4.69, 9.17) is 4.74 Å². The van der Waals surface area contributed by atoms with Gasteiger partial charge in [0.15, 0.2) is 5.78 Å². The smallest absolute Gasteiger partial charge is 0.197 e. The molecule has 3 rings (SSSR count). The third-order valence-corrected chi connectivity index (χ3v) is 3.39. The lowest BCUT2D eigenvalue weighted by atomic mass is 9.97. The number of benzene rings is 3. The van der Waals surface area contributed by atoms with Gasteiger partial charge in [0.25, 0.3) is 0 Å². The fraction of sp³-hybridized carbons (Fsp3) is 0.0556. The fourth-order valence-electron chi connectivity index (χ4n) is 2.40. The van der Waals surface area contributed by atoms with E-state index in [1.54, 1.807) is 19.2 Å². The zero-order valence-electron chi connectivity index (χ0n) is 11.2. The van der Waals surface area contributed by atoms with Crippen molar-refractivity contribution in [3.8, 4) is 5.75 Å². The van der Waals surface area contributed by atoms with Crippen LogP contribution in [0.1, 0.15) is 15.9 Å². The largest absolute Gasteiger partial charge is 0.496 e. The summed E-state index contributed by atoms with van der Waals surface area (Å²) in [4.78, 5) is 12.8. The maximum atomic E-state index is 12.8. The Bertz CT molecular complexity index is 770. The van der Waals surface area contributed by atoms with Crippen LogP contribution in [0.5, 0.6) is 5.75 Å². The molecule has 0 N–H and O–H groups in total. The number of ether oxygens (including phenoxy) is 1. The molecular weight excluding hydrogens is 248 g/mol. The van der Waals surface area contributed by atoms with Gasteiger partial charge in [-0.3, -0.25) is 4.79 Å². The van der Waals surface area contributed by atoms with Crippen LogP contribution in [0.3, 0.4) is 0 Å². The molecule has 0 unspecified atom stereocenters. The van der Waals surface area contributed by atoms with Crippen LogP contribution in [0.4, 0.5) is 0 Å². The Kier molecular flexibility index (Phi) is 3.21. The van der Waals surface area contributed by atoms with Crippen LogP contribution in [0.2, 0.25) is 0 Å². The molecule has 0 amide bonds. The van der Waals surface area contributed by atoms with E-state index in [-0.39, 0.29) is 5.78 Å². The zero-order chi connectivity index (χ0) is 13.9. The highest BCUT2D eigenvalue weighted by atomic mass is 16.5. The van der Waals surface area contributed by atoms with E-state index in [2.05, 4.69) is 0 Å². The predicted molar refractivity (Wildman–Crippen MR) is 80.4 cm³/mol. The highest BCUT2D eigenvalue weighted by Gasteiger charge is 2.15. The molecule has 2 heteroatoms. The molecule has 0 fully saturated rings. The van der Waals surface area contributed by atoms with Crippen molar-refractivity contribution in [1.29, 1.82) is 0 Å². The van der Waals surface area contributed by atoms with Gasteiger partial charge < -0.3 is 4.74 Å². The zero-order valence-corrected chi connectivity index (χ0v) is 11.2. The van der Waals surface area contributed by atoms with E-state index in [0.29, 0.717) is 16.9 Å². The SMILES string of the molecule is COc1ccccc1C(=O)c1cccc2ccccc12. The van der Waals surface area contributed by atoms with Crippen molar-refractivity contribution >= 4 is 16.6 Å². The van der Waals surface area contributed by atoms with Crippen molar-refractivity contribution in [2.24, 2.45) is 0 Å². The van der Waals surface area contributed by atoms with Crippen LogP contribution in [-0.4, -0.2) is 12.9 Å². The van der Waals surface area contributed by atoms with Gasteiger partial charge in [0.1, 0.15) is 5.75 Å². The Balaban J connectivity index is 2.18. The summed E-state index contributed by atoms with van der Waals surface area (Å²) in [5.74, 6) is 0.588. The van der Waals surface area contributed by atoms with E-state index in [1.807, 2.05) is 54.6 Å². The minimum absolute atomic E-state index is 0.0146. The number of para-hydroxylation sites is 1. The lowest BCUT2D eigenvalue weighted by Gasteiger charge is -2.09. The molecule has 0 bridgehead atoms. The molecule has 0 atom stereocenters. The second-order valence-electron chi connectivity index (χ2n) is 4.56. The van der Waals surface area contributed by atoms with Crippen molar-refractivity contribution in [3.63, 3.8) is 0 Å². The van der Waals surface area contributed by atoms with Crippen molar-refractivity contribution < 1.29 is 9.53 Å². The van der Waals surface area contributed by atoms with Crippen LogP contribution in [0.15, 0.2) is 66.7 Å². The summed E-state index contributed by atoms with van der Waals surface area (Å²) in [5.41, 5.74) is 1.29. The first-order valence-corrected chi connectivity index (χ1v) is 6.47. The molecule has 0 saturated carbocycles. The van der Waals surface area contributed by atoms with Gasteiger partial charge in [0.2, 0.25) is 0 Å². The Morgan fingerprint density at radius 1 is 0.800 bits per heavy atom. The minimum atomic E-state index is -0.0146. The first-order valence-electron chi connectivity index (χ1n) is 6.47. The van der Waals surface area contributed by atoms with E-state index >= 15 is 0 Å². The highest BCUT2D eigenvalue weighted by molar-refractivity contribution is 6.17. The number of rotatable bonds is 3. The maximum Gasteiger partial charge on any atom is 0.197 e. The van der Waals surface area contributed by atoms with E-state index < -0.39 is 0 Å². The number of carbonyl (C=O) groups excluding carboxylic acids is 1. The Morgan fingerprint density at radius 2 is 1.45 bits per heavy atom. The van der Waals surface area contributed by atoms with E-state index in [9.17, 15) is 4.79 Å². The molecule has 98 valence electrons. The lowest BCUT2D eigenvalue weighted by molar-refractivity contribution is 0.103. The third-order valence-electron chi connectivity index (χ3n) is 3.39. The first-order chi connectivity index (χ1) is 9.81. The fourth-order valence-corrected chi connectivity index (χ4v) is 2.40. The van der Waals surface area contributed by atoms with Gasteiger partial charge in [-0.25, -0.2) is 0 Å². The molecule has 3 aromatic rings.